The number of hydrogen-bond acceptors (Lipinski definition) is 2. The van der Waals surface area contributed by atoms with Gasteiger partial charge >= 0.3 is 5.97 Å². The van der Waals surface area contributed by atoms with E-state index in [9.17, 15) is 9.90 Å². The Balaban J connectivity index is 3.00. The molecule has 0 bridgehead atoms. The fourth-order valence-corrected chi connectivity index (χ4v) is 1.20. The molecule has 0 spiro atoms. The molecule has 0 heterocycles. The first-order chi connectivity index (χ1) is 6.09. The van der Waals surface area contributed by atoms with E-state index in [-0.39, 0.29) is 5.75 Å². The number of rotatable bonds is 2. The van der Waals surface area contributed by atoms with E-state index in [0.717, 1.165) is 10.5 Å². The number of hydrogen-bond donors (Lipinski definition) is 2. The van der Waals surface area contributed by atoms with Crippen LogP contribution in [0.2, 0.25) is 0 Å². The maximum atomic E-state index is 10.2. The highest BCUT2D eigenvalue weighted by atomic mass is 79.9. The Labute approximate surface area is 83.5 Å². The number of phenols is 1. The number of halogens is 1. The average molecular weight is 243 g/mol. The standard InChI is InChI=1S/C9H7BrO3/c10-7-2-3-8(11)6(5-7)1-4-9(12)13/h1-5,11H,(H,12,13). The third-order valence-electron chi connectivity index (χ3n) is 1.40. The van der Waals surface area contributed by atoms with Crippen LogP contribution in [0.15, 0.2) is 28.7 Å². The van der Waals surface area contributed by atoms with E-state index in [1.54, 1.807) is 12.1 Å². The number of aliphatic carboxylic acids is 1. The van der Waals surface area contributed by atoms with Crippen molar-refractivity contribution in [3.63, 3.8) is 0 Å². The summed E-state index contributed by atoms with van der Waals surface area (Å²) in [5, 5.41) is 17.6. The smallest absolute Gasteiger partial charge is 0.328 e. The van der Waals surface area contributed by atoms with Crippen LogP contribution in [0.5, 0.6) is 5.75 Å². The highest BCUT2D eigenvalue weighted by Crippen LogP contribution is 2.22. The minimum Gasteiger partial charge on any atom is -0.507 e. The summed E-state index contributed by atoms with van der Waals surface area (Å²) in [6.07, 6.45) is 2.31. The van der Waals surface area contributed by atoms with Crippen molar-refractivity contribution in [3.8, 4) is 5.75 Å². The Hall–Kier alpha value is -1.29. The summed E-state index contributed by atoms with van der Waals surface area (Å²) in [6.45, 7) is 0. The zero-order chi connectivity index (χ0) is 9.84. The Kier molecular flexibility index (Phi) is 3.08. The van der Waals surface area contributed by atoms with Gasteiger partial charge in [-0.1, -0.05) is 15.9 Å². The number of phenolic OH excluding ortho intramolecular Hbond substituents is 1. The third-order valence-corrected chi connectivity index (χ3v) is 1.89. The van der Waals surface area contributed by atoms with Crippen molar-refractivity contribution < 1.29 is 15.0 Å². The molecule has 4 heteroatoms. The summed E-state index contributed by atoms with van der Waals surface area (Å²) >= 11 is 3.21. The van der Waals surface area contributed by atoms with Crippen molar-refractivity contribution in [2.24, 2.45) is 0 Å². The lowest BCUT2D eigenvalue weighted by Gasteiger charge is -1.98. The molecule has 0 amide bonds. The first-order valence-corrected chi connectivity index (χ1v) is 4.28. The van der Waals surface area contributed by atoms with Crippen molar-refractivity contribution in [2.75, 3.05) is 0 Å². The van der Waals surface area contributed by atoms with E-state index in [4.69, 9.17) is 5.11 Å². The predicted octanol–water partition coefficient (Wildman–Crippen LogP) is 2.25. The molecule has 0 aliphatic heterocycles. The molecule has 0 atom stereocenters. The highest BCUT2D eigenvalue weighted by molar-refractivity contribution is 9.10. The van der Waals surface area contributed by atoms with Gasteiger partial charge in [0.05, 0.1) is 0 Å². The molecule has 0 aliphatic rings. The van der Waals surface area contributed by atoms with Gasteiger partial charge in [-0.05, 0) is 24.3 Å². The van der Waals surface area contributed by atoms with E-state index in [1.807, 2.05) is 0 Å². The summed E-state index contributed by atoms with van der Waals surface area (Å²) in [6, 6.07) is 4.80. The largest absolute Gasteiger partial charge is 0.507 e. The molecule has 0 unspecified atom stereocenters. The molecule has 0 aromatic heterocycles. The monoisotopic (exact) mass is 242 g/mol. The lowest BCUT2D eigenvalue weighted by molar-refractivity contribution is -0.131. The second-order valence-corrected chi connectivity index (χ2v) is 3.29. The lowest BCUT2D eigenvalue weighted by atomic mass is 10.2. The van der Waals surface area contributed by atoms with E-state index >= 15 is 0 Å². The van der Waals surface area contributed by atoms with Crippen LogP contribution in [-0.2, 0) is 4.79 Å². The normalized spacial score (nSPS) is 10.5. The summed E-state index contributed by atoms with van der Waals surface area (Å²) < 4.78 is 0.787. The Bertz CT molecular complexity index is 358. The van der Waals surface area contributed by atoms with Crippen molar-refractivity contribution in [3.05, 3.63) is 34.3 Å². The van der Waals surface area contributed by atoms with Gasteiger partial charge in [0.2, 0.25) is 0 Å². The van der Waals surface area contributed by atoms with Gasteiger partial charge in [0.15, 0.2) is 0 Å². The van der Waals surface area contributed by atoms with Crippen LogP contribution in [0.3, 0.4) is 0 Å². The Morgan fingerprint density at radius 1 is 1.46 bits per heavy atom. The quantitative estimate of drug-likeness (QED) is 0.783. The van der Waals surface area contributed by atoms with Crippen molar-refractivity contribution in [1.29, 1.82) is 0 Å². The predicted molar refractivity (Wildman–Crippen MR) is 52.5 cm³/mol. The average Bonchev–Trinajstić information content (AvgIpc) is 2.06. The minimum atomic E-state index is -1.04. The van der Waals surface area contributed by atoms with Gasteiger partial charge in [-0.2, -0.15) is 0 Å². The summed E-state index contributed by atoms with van der Waals surface area (Å²) in [5.41, 5.74) is 0.469. The summed E-state index contributed by atoms with van der Waals surface area (Å²) in [7, 11) is 0. The molecule has 1 rings (SSSR count). The second-order valence-electron chi connectivity index (χ2n) is 2.37. The van der Waals surface area contributed by atoms with Gasteiger partial charge in [-0.25, -0.2) is 4.79 Å². The second kappa shape index (κ2) is 4.09. The van der Waals surface area contributed by atoms with Crippen LogP contribution in [0.25, 0.3) is 6.08 Å². The van der Waals surface area contributed by atoms with E-state index in [2.05, 4.69) is 15.9 Å². The minimum absolute atomic E-state index is 0.0562. The number of carboxylic acid groups (broad SMARTS) is 1. The van der Waals surface area contributed by atoms with Crippen LogP contribution in [0.4, 0.5) is 0 Å². The van der Waals surface area contributed by atoms with Crippen LogP contribution in [0, 0.1) is 0 Å². The van der Waals surface area contributed by atoms with Crippen LogP contribution in [-0.4, -0.2) is 16.2 Å². The molecule has 0 radical (unpaired) electrons. The van der Waals surface area contributed by atoms with E-state index in [0.29, 0.717) is 5.56 Å². The third kappa shape index (κ3) is 2.91. The molecule has 2 N–H and O–H groups in total. The Morgan fingerprint density at radius 3 is 2.77 bits per heavy atom. The zero-order valence-corrected chi connectivity index (χ0v) is 8.15. The van der Waals surface area contributed by atoms with Gasteiger partial charge in [0.25, 0.3) is 0 Å². The molecule has 0 saturated carbocycles. The Morgan fingerprint density at radius 2 is 2.15 bits per heavy atom. The maximum Gasteiger partial charge on any atom is 0.328 e. The number of benzene rings is 1. The summed E-state index contributed by atoms with van der Waals surface area (Å²) in [5.74, 6) is -0.986. The SMILES string of the molecule is O=C(O)C=Cc1cc(Br)ccc1O. The van der Waals surface area contributed by atoms with Gasteiger partial charge in [-0.15, -0.1) is 0 Å². The van der Waals surface area contributed by atoms with Crippen LogP contribution < -0.4 is 0 Å². The number of carbonyl (C=O) groups is 1. The fourth-order valence-electron chi connectivity index (χ4n) is 0.820. The van der Waals surface area contributed by atoms with Crippen LogP contribution in [0.1, 0.15) is 5.56 Å². The van der Waals surface area contributed by atoms with Crippen molar-refractivity contribution in [2.45, 2.75) is 0 Å². The lowest BCUT2D eigenvalue weighted by Crippen LogP contribution is -1.85. The molecular weight excluding hydrogens is 236 g/mol. The fraction of sp³-hybridized carbons (Fsp3) is 0. The van der Waals surface area contributed by atoms with E-state index < -0.39 is 5.97 Å². The van der Waals surface area contributed by atoms with Crippen molar-refractivity contribution >= 4 is 28.0 Å². The first-order valence-electron chi connectivity index (χ1n) is 3.49. The van der Waals surface area contributed by atoms with Crippen molar-refractivity contribution in [1.82, 2.24) is 0 Å². The molecule has 0 aliphatic carbocycles. The van der Waals surface area contributed by atoms with Crippen LogP contribution >= 0.6 is 15.9 Å². The first kappa shape index (κ1) is 9.80. The summed E-state index contributed by atoms with van der Waals surface area (Å²) in [4.78, 5) is 10.2. The molecule has 3 nitrogen and oxygen atoms in total. The van der Waals surface area contributed by atoms with Gasteiger partial charge < -0.3 is 10.2 Å². The highest BCUT2D eigenvalue weighted by Gasteiger charge is 1.98. The van der Waals surface area contributed by atoms with Gasteiger partial charge in [0.1, 0.15) is 5.75 Å². The molecule has 1 aromatic carbocycles. The molecule has 0 saturated heterocycles. The molecule has 68 valence electrons. The number of aromatic hydroxyl groups is 1. The zero-order valence-electron chi connectivity index (χ0n) is 6.57. The molecule has 13 heavy (non-hydrogen) atoms. The topological polar surface area (TPSA) is 57.5 Å². The van der Waals surface area contributed by atoms with Gasteiger partial charge in [-0.3, -0.25) is 0 Å². The molecule has 1 aromatic rings. The van der Waals surface area contributed by atoms with E-state index in [1.165, 1.54) is 12.1 Å². The van der Waals surface area contributed by atoms with Gasteiger partial charge in [0, 0.05) is 16.1 Å². The molecular formula is C9H7BrO3. The number of carboxylic acids is 1. The molecule has 0 fully saturated rings. The maximum absolute atomic E-state index is 10.2.